The van der Waals surface area contributed by atoms with Crippen molar-refractivity contribution in [2.75, 3.05) is 0 Å². The van der Waals surface area contributed by atoms with Crippen LogP contribution in [0.1, 0.15) is 6.92 Å². The van der Waals surface area contributed by atoms with Crippen molar-refractivity contribution >= 4 is 5.97 Å². The molecule has 0 bridgehead atoms. The molecule has 0 saturated heterocycles. The van der Waals surface area contributed by atoms with Gasteiger partial charge in [0.05, 0.1) is 0 Å². The monoisotopic (exact) mass is 136 g/mol. The second-order valence-electron chi connectivity index (χ2n) is 1.45. The van der Waals surface area contributed by atoms with Gasteiger partial charge in [0.2, 0.25) is 0 Å². The minimum absolute atomic E-state index is 0.0321. The van der Waals surface area contributed by atoms with Crippen molar-refractivity contribution in [3.8, 4) is 0 Å². The molecular weight excluding hydrogens is 130 g/mol. The molecule has 0 rings (SSSR count). The molecule has 0 amide bonds. The van der Waals surface area contributed by atoms with Gasteiger partial charge in [0.15, 0.2) is 0 Å². The molecule has 2 nitrogen and oxygen atoms in total. The molecule has 0 spiro atoms. The Morgan fingerprint density at radius 3 is 2.22 bits per heavy atom. The highest BCUT2D eigenvalue weighted by Gasteiger charge is 2.09. The van der Waals surface area contributed by atoms with Gasteiger partial charge in [0.1, 0.15) is 0 Å². The first-order chi connectivity index (χ1) is 4.04. The van der Waals surface area contributed by atoms with Crippen molar-refractivity contribution in [2.24, 2.45) is 0 Å². The summed E-state index contributed by atoms with van der Waals surface area (Å²) in [6.45, 7) is 1.35. The van der Waals surface area contributed by atoms with Crippen molar-refractivity contribution in [3.05, 3.63) is 12.2 Å². The summed E-state index contributed by atoms with van der Waals surface area (Å²) in [6, 6.07) is 0. The van der Waals surface area contributed by atoms with E-state index in [-0.39, 0.29) is 5.57 Å². The molecule has 9 heavy (non-hydrogen) atoms. The second kappa shape index (κ2) is 3.17. The number of rotatable bonds is 2. The molecule has 52 valence electrons. The molecule has 0 unspecified atom stereocenters. The zero-order chi connectivity index (χ0) is 7.44. The maximum Gasteiger partial charge on any atom is 0.389 e. The predicted molar refractivity (Wildman–Crippen MR) is 26.9 cm³/mol. The van der Waals surface area contributed by atoms with E-state index in [1.54, 1.807) is 0 Å². The Balaban J connectivity index is 3.65. The van der Waals surface area contributed by atoms with Crippen LogP contribution < -0.4 is 0 Å². The summed E-state index contributed by atoms with van der Waals surface area (Å²) in [5.74, 6) is -1.06. The number of esters is 1. The van der Waals surface area contributed by atoms with Gasteiger partial charge in [-0.25, -0.2) is 4.79 Å². The van der Waals surface area contributed by atoms with Gasteiger partial charge in [-0.05, 0) is 6.92 Å². The van der Waals surface area contributed by atoms with E-state index in [1.807, 2.05) is 0 Å². The van der Waals surface area contributed by atoms with Gasteiger partial charge >= 0.3 is 12.6 Å². The first kappa shape index (κ1) is 8.07. The molecule has 0 aromatic heterocycles. The fourth-order valence-electron chi connectivity index (χ4n) is 0.182. The predicted octanol–water partition coefficient (Wildman–Crippen LogP) is 1.33. The van der Waals surface area contributed by atoms with E-state index in [1.165, 1.54) is 6.92 Å². The minimum Gasteiger partial charge on any atom is -0.400 e. The highest BCUT2D eigenvalue weighted by molar-refractivity contribution is 5.86. The maximum absolute atomic E-state index is 11.2. The molecule has 0 fully saturated rings. The van der Waals surface area contributed by atoms with E-state index in [9.17, 15) is 13.6 Å². The van der Waals surface area contributed by atoms with Gasteiger partial charge in [-0.15, -0.1) is 0 Å². The zero-order valence-corrected chi connectivity index (χ0v) is 4.86. The quantitative estimate of drug-likeness (QED) is 0.422. The number of halogens is 2. The standard InChI is InChI=1S/C5H6F2O2/c1-3(2)4(8)9-5(6)7/h5H,1H2,2H3. The molecule has 4 heteroatoms. The summed E-state index contributed by atoms with van der Waals surface area (Å²) in [4.78, 5) is 10.2. The van der Waals surface area contributed by atoms with E-state index in [2.05, 4.69) is 11.3 Å². The average molecular weight is 136 g/mol. The van der Waals surface area contributed by atoms with E-state index >= 15 is 0 Å². The molecule has 0 aliphatic rings. The summed E-state index contributed by atoms with van der Waals surface area (Å²) in [5, 5.41) is 0. The van der Waals surface area contributed by atoms with E-state index in [0.717, 1.165) is 0 Å². The van der Waals surface area contributed by atoms with Crippen molar-refractivity contribution in [1.29, 1.82) is 0 Å². The van der Waals surface area contributed by atoms with Gasteiger partial charge in [0.25, 0.3) is 0 Å². The van der Waals surface area contributed by atoms with Gasteiger partial charge in [-0.1, -0.05) is 6.58 Å². The Bertz CT molecular complexity index is 131. The molecular formula is C5H6F2O2. The number of hydrogen-bond acceptors (Lipinski definition) is 2. The first-order valence-electron chi connectivity index (χ1n) is 2.18. The highest BCUT2D eigenvalue weighted by atomic mass is 19.3. The molecule has 0 aromatic rings. The van der Waals surface area contributed by atoms with Crippen molar-refractivity contribution < 1.29 is 18.3 Å². The molecule has 0 aromatic carbocycles. The summed E-state index contributed by atoms with van der Waals surface area (Å²) < 4.78 is 25.8. The fourth-order valence-corrected chi connectivity index (χ4v) is 0.182. The first-order valence-corrected chi connectivity index (χ1v) is 2.18. The lowest BCUT2D eigenvalue weighted by Gasteiger charge is -1.99. The third kappa shape index (κ3) is 3.64. The van der Waals surface area contributed by atoms with Crippen molar-refractivity contribution in [1.82, 2.24) is 0 Å². The van der Waals surface area contributed by atoms with E-state index < -0.39 is 12.6 Å². The van der Waals surface area contributed by atoms with Crippen molar-refractivity contribution in [3.63, 3.8) is 0 Å². The molecule has 0 saturated carbocycles. The number of hydrogen-bond donors (Lipinski definition) is 0. The Hall–Kier alpha value is -0.930. The Morgan fingerprint density at radius 2 is 2.11 bits per heavy atom. The van der Waals surface area contributed by atoms with E-state index in [0.29, 0.717) is 0 Å². The van der Waals surface area contributed by atoms with Crippen LogP contribution in [-0.2, 0) is 9.53 Å². The molecule has 0 N–H and O–H groups in total. The van der Waals surface area contributed by atoms with Gasteiger partial charge in [-0.2, -0.15) is 8.78 Å². The van der Waals surface area contributed by atoms with Gasteiger partial charge in [0, 0.05) is 5.57 Å². The van der Waals surface area contributed by atoms with Crippen LogP contribution in [0.2, 0.25) is 0 Å². The van der Waals surface area contributed by atoms with Crippen LogP contribution in [0.15, 0.2) is 12.2 Å². The Labute approximate surface area is 51.1 Å². The summed E-state index contributed by atoms with van der Waals surface area (Å²) in [6.07, 6.45) is 0. The third-order valence-corrected chi connectivity index (χ3v) is 0.545. The topological polar surface area (TPSA) is 26.3 Å². The summed E-state index contributed by atoms with van der Waals surface area (Å²) in [7, 11) is 0. The number of alkyl halides is 2. The average Bonchev–Trinajstić information content (AvgIpc) is 1.63. The van der Waals surface area contributed by atoms with Crippen LogP contribution in [0.3, 0.4) is 0 Å². The van der Waals surface area contributed by atoms with Gasteiger partial charge < -0.3 is 4.74 Å². The second-order valence-corrected chi connectivity index (χ2v) is 1.45. The molecule has 0 atom stereocenters. The number of carbonyl (C=O) groups is 1. The lowest BCUT2D eigenvalue weighted by Crippen LogP contribution is -2.09. The molecule has 0 aliphatic carbocycles. The summed E-state index contributed by atoms with van der Waals surface area (Å²) >= 11 is 0. The smallest absolute Gasteiger partial charge is 0.389 e. The van der Waals surface area contributed by atoms with Crippen LogP contribution in [0.4, 0.5) is 8.78 Å². The normalized spacial score (nSPS) is 9.33. The molecule has 0 radical (unpaired) electrons. The van der Waals surface area contributed by atoms with Crippen molar-refractivity contribution in [2.45, 2.75) is 13.5 Å². The lowest BCUT2D eigenvalue weighted by atomic mass is 10.4. The maximum atomic E-state index is 11.2. The van der Waals surface area contributed by atoms with Crippen LogP contribution in [0.5, 0.6) is 0 Å². The number of ether oxygens (including phenoxy) is 1. The van der Waals surface area contributed by atoms with Crippen LogP contribution >= 0.6 is 0 Å². The van der Waals surface area contributed by atoms with Crippen LogP contribution in [-0.4, -0.2) is 12.6 Å². The van der Waals surface area contributed by atoms with Crippen LogP contribution in [0, 0.1) is 0 Å². The highest BCUT2D eigenvalue weighted by Crippen LogP contribution is 1.99. The third-order valence-electron chi connectivity index (χ3n) is 0.545. The Morgan fingerprint density at radius 1 is 1.67 bits per heavy atom. The summed E-state index contributed by atoms with van der Waals surface area (Å²) in [5.41, 5.74) is -0.0321. The lowest BCUT2D eigenvalue weighted by molar-refractivity contribution is -0.171. The number of carbonyl (C=O) groups excluding carboxylic acids is 1. The van der Waals surface area contributed by atoms with Crippen LogP contribution in [0.25, 0.3) is 0 Å². The minimum atomic E-state index is -3.05. The largest absolute Gasteiger partial charge is 0.400 e. The van der Waals surface area contributed by atoms with E-state index in [4.69, 9.17) is 0 Å². The molecule has 0 heterocycles. The zero-order valence-electron chi connectivity index (χ0n) is 4.86. The van der Waals surface area contributed by atoms with Gasteiger partial charge in [-0.3, -0.25) is 0 Å². The molecule has 0 aliphatic heterocycles. The fraction of sp³-hybridized carbons (Fsp3) is 0.400. The SMILES string of the molecule is C=C(C)C(=O)OC(F)F. The Kier molecular flexibility index (Phi) is 2.84.